The number of hydrogen-bond donors (Lipinski definition) is 1. The van der Waals surface area contributed by atoms with Gasteiger partial charge in [-0.2, -0.15) is 0 Å². The van der Waals surface area contributed by atoms with Crippen LogP contribution in [0.15, 0.2) is 36.0 Å². The van der Waals surface area contributed by atoms with E-state index < -0.39 is 0 Å². The summed E-state index contributed by atoms with van der Waals surface area (Å²) in [4.78, 5) is 6.84. The molecular formula is C17H26N2O. The van der Waals surface area contributed by atoms with Crippen molar-refractivity contribution >= 4 is 0 Å². The lowest BCUT2D eigenvalue weighted by Crippen LogP contribution is -2.44. The smallest absolute Gasteiger partial charge is 0.0543 e. The van der Waals surface area contributed by atoms with Gasteiger partial charge in [0.15, 0.2) is 0 Å². The summed E-state index contributed by atoms with van der Waals surface area (Å²) >= 11 is 0. The molecule has 0 spiro atoms. The van der Waals surface area contributed by atoms with Crippen LogP contribution in [0, 0.1) is 5.41 Å². The van der Waals surface area contributed by atoms with Gasteiger partial charge in [-0.05, 0) is 51.8 Å². The van der Waals surface area contributed by atoms with Crippen LogP contribution in [0.25, 0.3) is 0 Å². The number of piperidine rings is 1. The van der Waals surface area contributed by atoms with E-state index in [0.717, 1.165) is 44.6 Å². The van der Waals surface area contributed by atoms with Crippen molar-refractivity contribution in [1.29, 1.82) is 0 Å². The van der Waals surface area contributed by atoms with Gasteiger partial charge < -0.3 is 5.11 Å². The predicted molar refractivity (Wildman–Crippen MR) is 82.3 cm³/mol. The minimum atomic E-state index is 0.0320. The number of aromatic nitrogens is 1. The lowest BCUT2D eigenvalue weighted by molar-refractivity contribution is 0.0302. The van der Waals surface area contributed by atoms with Gasteiger partial charge in [0, 0.05) is 24.7 Å². The fourth-order valence-electron chi connectivity index (χ4n) is 2.95. The van der Waals surface area contributed by atoms with Gasteiger partial charge in [-0.1, -0.05) is 17.7 Å². The van der Waals surface area contributed by atoms with E-state index in [1.54, 1.807) is 0 Å². The molecule has 0 aromatic carbocycles. The zero-order valence-corrected chi connectivity index (χ0v) is 12.7. The Morgan fingerprint density at radius 3 is 2.95 bits per heavy atom. The lowest BCUT2D eigenvalue weighted by Gasteiger charge is -2.41. The third-order valence-corrected chi connectivity index (χ3v) is 4.13. The highest BCUT2D eigenvalue weighted by Gasteiger charge is 2.34. The van der Waals surface area contributed by atoms with Gasteiger partial charge in [0.05, 0.1) is 12.3 Å². The van der Waals surface area contributed by atoms with Crippen molar-refractivity contribution < 1.29 is 5.11 Å². The highest BCUT2D eigenvalue weighted by atomic mass is 16.3. The standard InChI is InChI=1S/C17H26N2O/c1-15(2)7-9-17(14-20)8-5-11-19(13-17)12-16-6-3-4-10-18-16/h3-4,6-7,10,20H,5,8-9,11-14H2,1-2H3/t17-/m0/s1. The maximum atomic E-state index is 9.87. The average Bonchev–Trinajstić information content (AvgIpc) is 2.47. The van der Waals surface area contributed by atoms with E-state index >= 15 is 0 Å². The molecule has 1 fully saturated rings. The number of rotatable bonds is 5. The fourth-order valence-corrected chi connectivity index (χ4v) is 2.95. The van der Waals surface area contributed by atoms with Crippen LogP contribution in [0.4, 0.5) is 0 Å². The number of aliphatic hydroxyl groups excluding tert-OH is 1. The molecule has 1 aromatic heterocycles. The highest BCUT2D eigenvalue weighted by molar-refractivity contribution is 5.05. The third kappa shape index (κ3) is 4.15. The van der Waals surface area contributed by atoms with Gasteiger partial charge in [-0.25, -0.2) is 0 Å². The van der Waals surface area contributed by atoms with Crippen LogP contribution in [-0.2, 0) is 6.54 Å². The highest BCUT2D eigenvalue weighted by Crippen LogP contribution is 2.34. The molecule has 20 heavy (non-hydrogen) atoms. The number of aliphatic hydroxyl groups is 1. The summed E-state index contributed by atoms with van der Waals surface area (Å²) in [7, 11) is 0. The van der Waals surface area contributed by atoms with Crippen molar-refractivity contribution in [2.75, 3.05) is 19.7 Å². The van der Waals surface area contributed by atoms with Crippen molar-refractivity contribution in [3.63, 3.8) is 0 Å². The van der Waals surface area contributed by atoms with Crippen molar-refractivity contribution in [1.82, 2.24) is 9.88 Å². The van der Waals surface area contributed by atoms with E-state index in [2.05, 4.69) is 35.9 Å². The van der Waals surface area contributed by atoms with Gasteiger partial charge in [-0.3, -0.25) is 9.88 Å². The van der Waals surface area contributed by atoms with Crippen molar-refractivity contribution in [3.8, 4) is 0 Å². The molecule has 0 saturated carbocycles. The minimum Gasteiger partial charge on any atom is -0.396 e. The molecule has 110 valence electrons. The predicted octanol–water partition coefficient (Wildman–Crippen LogP) is 3.01. The maximum Gasteiger partial charge on any atom is 0.0543 e. The Kier molecular flexibility index (Phi) is 5.32. The summed E-state index contributed by atoms with van der Waals surface area (Å²) in [6.45, 7) is 7.48. The first kappa shape index (κ1) is 15.2. The number of pyridine rings is 1. The summed E-state index contributed by atoms with van der Waals surface area (Å²) in [6, 6.07) is 6.06. The van der Waals surface area contributed by atoms with Gasteiger partial charge >= 0.3 is 0 Å². The first-order valence-corrected chi connectivity index (χ1v) is 7.50. The monoisotopic (exact) mass is 274 g/mol. The van der Waals surface area contributed by atoms with Crippen molar-refractivity contribution in [2.45, 2.75) is 39.7 Å². The molecule has 1 N–H and O–H groups in total. The van der Waals surface area contributed by atoms with Crippen LogP contribution >= 0.6 is 0 Å². The molecule has 3 heteroatoms. The van der Waals surface area contributed by atoms with Gasteiger partial charge in [0.1, 0.15) is 0 Å². The quantitative estimate of drug-likeness (QED) is 0.839. The Bertz CT molecular complexity index is 440. The molecule has 1 atom stereocenters. The van der Waals surface area contributed by atoms with Crippen LogP contribution in [0.5, 0.6) is 0 Å². The van der Waals surface area contributed by atoms with E-state index in [-0.39, 0.29) is 12.0 Å². The molecule has 3 nitrogen and oxygen atoms in total. The molecule has 1 aromatic rings. The van der Waals surface area contributed by atoms with Gasteiger partial charge in [0.25, 0.3) is 0 Å². The average molecular weight is 274 g/mol. The van der Waals surface area contributed by atoms with Crippen LogP contribution in [-0.4, -0.2) is 34.7 Å². The summed E-state index contributed by atoms with van der Waals surface area (Å²) < 4.78 is 0. The Morgan fingerprint density at radius 2 is 2.30 bits per heavy atom. The molecule has 0 amide bonds. The molecule has 0 aliphatic carbocycles. The Labute approximate surface area is 122 Å². The second kappa shape index (κ2) is 7.00. The third-order valence-electron chi connectivity index (χ3n) is 4.13. The zero-order chi connectivity index (χ0) is 14.4. The molecule has 1 saturated heterocycles. The SMILES string of the molecule is CC(C)=CC[C@@]1(CO)CCCN(Cc2ccccn2)C1. The van der Waals surface area contributed by atoms with Gasteiger partial charge in [0.2, 0.25) is 0 Å². The van der Waals surface area contributed by atoms with Crippen LogP contribution in [0.2, 0.25) is 0 Å². The van der Waals surface area contributed by atoms with Crippen LogP contribution in [0.1, 0.15) is 38.8 Å². The molecule has 2 rings (SSSR count). The Morgan fingerprint density at radius 1 is 1.45 bits per heavy atom. The number of nitrogens with zero attached hydrogens (tertiary/aromatic N) is 2. The molecular weight excluding hydrogens is 248 g/mol. The lowest BCUT2D eigenvalue weighted by atomic mass is 9.77. The summed E-state index contributed by atoms with van der Waals surface area (Å²) in [5.41, 5.74) is 2.48. The van der Waals surface area contributed by atoms with E-state index in [0.29, 0.717) is 0 Å². The maximum absolute atomic E-state index is 9.87. The Balaban J connectivity index is 2.01. The molecule has 0 radical (unpaired) electrons. The zero-order valence-electron chi connectivity index (χ0n) is 12.7. The van der Waals surface area contributed by atoms with E-state index in [1.807, 2.05) is 18.3 Å². The van der Waals surface area contributed by atoms with Crippen molar-refractivity contribution in [2.24, 2.45) is 5.41 Å². The number of hydrogen-bond acceptors (Lipinski definition) is 3. The normalized spacial score (nSPS) is 23.6. The number of likely N-dealkylation sites (tertiary alicyclic amines) is 1. The first-order valence-electron chi connectivity index (χ1n) is 7.50. The van der Waals surface area contributed by atoms with Crippen LogP contribution in [0.3, 0.4) is 0 Å². The van der Waals surface area contributed by atoms with Gasteiger partial charge in [-0.15, -0.1) is 0 Å². The second-order valence-electron chi connectivity index (χ2n) is 6.28. The second-order valence-corrected chi connectivity index (χ2v) is 6.28. The fraction of sp³-hybridized carbons (Fsp3) is 0.588. The van der Waals surface area contributed by atoms with E-state index in [1.165, 1.54) is 5.57 Å². The Hall–Kier alpha value is -1.19. The first-order chi connectivity index (χ1) is 9.63. The molecule has 1 aliphatic heterocycles. The topological polar surface area (TPSA) is 36.4 Å². The van der Waals surface area contributed by atoms with Crippen LogP contribution < -0.4 is 0 Å². The molecule has 2 heterocycles. The number of allylic oxidation sites excluding steroid dienone is 2. The summed E-state index contributed by atoms with van der Waals surface area (Å²) in [5, 5.41) is 9.87. The van der Waals surface area contributed by atoms with E-state index in [9.17, 15) is 5.11 Å². The minimum absolute atomic E-state index is 0.0320. The molecule has 1 aliphatic rings. The summed E-state index contributed by atoms with van der Waals surface area (Å²) in [5.74, 6) is 0. The van der Waals surface area contributed by atoms with E-state index in [4.69, 9.17) is 0 Å². The largest absolute Gasteiger partial charge is 0.396 e. The molecule has 0 bridgehead atoms. The molecule has 0 unspecified atom stereocenters. The van der Waals surface area contributed by atoms with Crippen molar-refractivity contribution in [3.05, 3.63) is 41.7 Å². The summed E-state index contributed by atoms with van der Waals surface area (Å²) in [6.07, 6.45) is 7.36.